The van der Waals surface area contributed by atoms with Crippen LogP contribution in [0.1, 0.15) is 5.56 Å². The fourth-order valence-electron chi connectivity index (χ4n) is 1.53. The second-order valence-electron chi connectivity index (χ2n) is 3.77. The van der Waals surface area contributed by atoms with Gasteiger partial charge in [0, 0.05) is 0 Å². The topological polar surface area (TPSA) is 35.8 Å². The minimum atomic E-state index is -1.29. The van der Waals surface area contributed by atoms with Gasteiger partial charge in [-0.25, -0.2) is 13.2 Å². The monoisotopic (exact) mass is 316 g/mol. The molecule has 7 heteroatoms. The van der Waals surface area contributed by atoms with Crippen LogP contribution in [-0.4, -0.2) is 0 Å². The summed E-state index contributed by atoms with van der Waals surface area (Å²) in [5, 5.41) is 10.9. The highest BCUT2D eigenvalue weighted by Gasteiger charge is 2.16. The van der Waals surface area contributed by atoms with Gasteiger partial charge < -0.3 is 5.32 Å². The lowest BCUT2D eigenvalue weighted by Crippen LogP contribution is -2.00. The predicted octanol–water partition coefficient (Wildman–Crippen LogP) is 5.03. The van der Waals surface area contributed by atoms with Crippen LogP contribution in [0.15, 0.2) is 24.3 Å². The Labute approximate surface area is 122 Å². The summed E-state index contributed by atoms with van der Waals surface area (Å²) in [4.78, 5) is 0. The van der Waals surface area contributed by atoms with Gasteiger partial charge in [0.25, 0.3) is 0 Å². The van der Waals surface area contributed by atoms with Crippen LogP contribution in [0.5, 0.6) is 0 Å². The molecule has 0 spiro atoms. The number of nitrogens with zero attached hydrogens (tertiary/aromatic N) is 1. The Balaban J connectivity index is 2.47. The minimum Gasteiger partial charge on any atom is -0.351 e. The molecule has 0 atom stereocenters. The average Bonchev–Trinajstić information content (AvgIpc) is 2.38. The summed E-state index contributed by atoms with van der Waals surface area (Å²) in [6.45, 7) is 0. The largest absolute Gasteiger partial charge is 0.351 e. The van der Waals surface area contributed by atoms with E-state index in [9.17, 15) is 13.2 Å². The van der Waals surface area contributed by atoms with Gasteiger partial charge in [0.1, 0.15) is 11.9 Å². The molecule has 1 N–H and O–H groups in total. The standard InChI is InChI=1S/C13H5Cl2F3N2/c14-8-3-7(16)4-9(15)13(8)20-10-2-1-6(5-19)11(17)12(10)18/h1-4,20H. The van der Waals surface area contributed by atoms with E-state index in [1.54, 1.807) is 0 Å². The molecule has 2 aromatic rings. The molecule has 0 saturated heterocycles. The summed E-state index contributed by atoms with van der Waals surface area (Å²) in [7, 11) is 0. The fourth-order valence-corrected chi connectivity index (χ4v) is 2.08. The highest BCUT2D eigenvalue weighted by Crippen LogP contribution is 2.35. The number of hydrogen-bond acceptors (Lipinski definition) is 2. The molecule has 20 heavy (non-hydrogen) atoms. The van der Waals surface area contributed by atoms with E-state index in [-0.39, 0.29) is 21.4 Å². The van der Waals surface area contributed by atoms with E-state index in [1.165, 1.54) is 6.07 Å². The van der Waals surface area contributed by atoms with Gasteiger partial charge in [-0.2, -0.15) is 5.26 Å². The Kier molecular flexibility index (Phi) is 4.07. The quantitative estimate of drug-likeness (QED) is 0.843. The highest BCUT2D eigenvalue weighted by atomic mass is 35.5. The van der Waals surface area contributed by atoms with Crippen molar-refractivity contribution < 1.29 is 13.2 Å². The summed E-state index contributed by atoms with van der Waals surface area (Å²) in [5.41, 5.74) is -0.654. The van der Waals surface area contributed by atoms with E-state index < -0.39 is 23.0 Å². The van der Waals surface area contributed by atoms with Crippen LogP contribution in [0.3, 0.4) is 0 Å². The zero-order chi connectivity index (χ0) is 14.9. The van der Waals surface area contributed by atoms with Gasteiger partial charge in [-0.15, -0.1) is 0 Å². The van der Waals surface area contributed by atoms with Crippen molar-refractivity contribution >= 4 is 34.6 Å². The number of anilines is 2. The summed E-state index contributed by atoms with van der Waals surface area (Å²) in [5.74, 6) is -3.19. The minimum absolute atomic E-state index is 0.0396. The van der Waals surface area contributed by atoms with Crippen LogP contribution in [0.4, 0.5) is 24.5 Å². The number of benzene rings is 2. The summed E-state index contributed by atoms with van der Waals surface area (Å²) < 4.78 is 40.2. The van der Waals surface area contributed by atoms with Crippen molar-refractivity contribution in [3.63, 3.8) is 0 Å². The number of nitriles is 1. The predicted molar refractivity (Wildman–Crippen MR) is 70.8 cm³/mol. The van der Waals surface area contributed by atoms with Crippen LogP contribution in [-0.2, 0) is 0 Å². The van der Waals surface area contributed by atoms with E-state index in [1.807, 2.05) is 0 Å². The van der Waals surface area contributed by atoms with E-state index in [0.29, 0.717) is 0 Å². The molecule has 0 unspecified atom stereocenters. The Morgan fingerprint density at radius 1 is 1.00 bits per heavy atom. The van der Waals surface area contributed by atoms with E-state index in [0.717, 1.165) is 24.3 Å². The molecule has 0 aliphatic carbocycles. The first-order valence-electron chi connectivity index (χ1n) is 5.23. The van der Waals surface area contributed by atoms with Gasteiger partial charge >= 0.3 is 0 Å². The number of rotatable bonds is 2. The molecule has 0 aliphatic rings. The van der Waals surface area contributed by atoms with Crippen molar-refractivity contribution in [3.05, 3.63) is 57.3 Å². The smallest absolute Gasteiger partial charge is 0.183 e. The lowest BCUT2D eigenvalue weighted by molar-refractivity contribution is 0.509. The Morgan fingerprint density at radius 3 is 2.15 bits per heavy atom. The molecule has 0 fully saturated rings. The van der Waals surface area contributed by atoms with Gasteiger partial charge in [-0.3, -0.25) is 0 Å². The third-order valence-corrected chi connectivity index (χ3v) is 3.07. The van der Waals surface area contributed by atoms with E-state index in [2.05, 4.69) is 5.32 Å². The van der Waals surface area contributed by atoms with Gasteiger partial charge in [0.2, 0.25) is 0 Å². The maximum absolute atomic E-state index is 13.7. The van der Waals surface area contributed by atoms with Crippen LogP contribution >= 0.6 is 23.2 Å². The summed E-state index contributed by atoms with van der Waals surface area (Å²) in [6, 6.07) is 5.74. The van der Waals surface area contributed by atoms with Crippen LogP contribution < -0.4 is 5.32 Å². The normalized spacial score (nSPS) is 10.2. The van der Waals surface area contributed by atoms with E-state index in [4.69, 9.17) is 28.5 Å². The number of halogens is 5. The molecule has 2 nitrogen and oxygen atoms in total. The second kappa shape index (κ2) is 5.61. The molecule has 102 valence electrons. The van der Waals surface area contributed by atoms with Gasteiger partial charge in [-0.1, -0.05) is 23.2 Å². The Bertz CT molecular complexity index is 703. The highest BCUT2D eigenvalue weighted by molar-refractivity contribution is 6.39. The van der Waals surface area contributed by atoms with Crippen molar-refractivity contribution in [2.45, 2.75) is 0 Å². The van der Waals surface area contributed by atoms with Crippen molar-refractivity contribution in [1.82, 2.24) is 0 Å². The molecule has 0 amide bonds. The third kappa shape index (κ3) is 2.67. The first-order valence-corrected chi connectivity index (χ1v) is 5.99. The molecule has 0 aromatic heterocycles. The Morgan fingerprint density at radius 2 is 1.60 bits per heavy atom. The molecule has 2 rings (SSSR count). The summed E-state index contributed by atoms with van der Waals surface area (Å²) in [6.07, 6.45) is 0. The van der Waals surface area contributed by atoms with Crippen molar-refractivity contribution in [1.29, 1.82) is 5.26 Å². The zero-order valence-electron chi connectivity index (χ0n) is 9.65. The fraction of sp³-hybridized carbons (Fsp3) is 0. The lowest BCUT2D eigenvalue weighted by Gasteiger charge is -2.12. The van der Waals surface area contributed by atoms with Crippen LogP contribution in [0, 0.1) is 28.8 Å². The van der Waals surface area contributed by atoms with Gasteiger partial charge in [-0.05, 0) is 24.3 Å². The van der Waals surface area contributed by atoms with Crippen LogP contribution in [0.25, 0.3) is 0 Å². The number of nitrogens with one attached hydrogen (secondary N) is 1. The summed E-state index contributed by atoms with van der Waals surface area (Å²) >= 11 is 11.6. The lowest BCUT2D eigenvalue weighted by atomic mass is 10.2. The van der Waals surface area contributed by atoms with Gasteiger partial charge in [0.15, 0.2) is 11.6 Å². The third-order valence-electron chi connectivity index (χ3n) is 2.47. The maximum Gasteiger partial charge on any atom is 0.183 e. The average molecular weight is 317 g/mol. The van der Waals surface area contributed by atoms with E-state index >= 15 is 0 Å². The molecule has 0 bridgehead atoms. The molecular weight excluding hydrogens is 312 g/mol. The first kappa shape index (κ1) is 14.5. The zero-order valence-corrected chi connectivity index (χ0v) is 11.2. The molecule has 0 aliphatic heterocycles. The van der Waals surface area contributed by atoms with Crippen LogP contribution in [0.2, 0.25) is 10.0 Å². The van der Waals surface area contributed by atoms with Gasteiger partial charge in [0.05, 0.1) is 27.0 Å². The Hall–Kier alpha value is -1.90. The van der Waals surface area contributed by atoms with Crippen molar-refractivity contribution in [3.8, 4) is 6.07 Å². The SMILES string of the molecule is N#Cc1ccc(Nc2c(Cl)cc(F)cc2Cl)c(F)c1F. The molecule has 0 saturated carbocycles. The number of hydrogen-bond donors (Lipinski definition) is 1. The van der Waals surface area contributed by atoms with Crippen molar-refractivity contribution in [2.75, 3.05) is 5.32 Å². The molecule has 0 radical (unpaired) electrons. The maximum atomic E-state index is 13.7. The molecular formula is C13H5Cl2F3N2. The first-order chi connectivity index (χ1) is 9.43. The second-order valence-corrected chi connectivity index (χ2v) is 4.58. The molecule has 0 heterocycles. The van der Waals surface area contributed by atoms with Crippen molar-refractivity contribution in [2.24, 2.45) is 0 Å². The molecule has 2 aromatic carbocycles.